The Bertz CT molecular complexity index is 780. The van der Waals surface area contributed by atoms with E-state index >= 15 is 0 Å². The summed E-state index contributed by atoms with van der Waals surface area (Å²) in [7, 11) is -3.61. The molecule has 0 heterocycles. The summed E-state index contributed by atoms with van der Waals surface area (Å²) in [5.41, 5.74) is 1.55. The van der Waals surface area contributed by atoms with Gasteiger partial charge in [-0.15, -0.1) is 0 Å². The highest BCUT2D eigenvalue weighted by Gasteiger charge is 2.20. The number of nitrogens with one attached hydrogen (secondary N) is 2. The van der Waals surface area contributed by atoms with Crippen LogP contribution in [0.2, 0.25) is 0 Å². The molecule has 1 aliphatic carbocycles. The summed E-state index contributed by atoms with van der Waals surface area (Å²) in [5.74, 6) is 0.652. The lowest BCUT2D eigenvalue weighted by atomic mass is 10.3. The Morgan fingerprint density at radius 2 is 1.54 bits per heavy atom. The van der Waals surface area contributed by atoms with Crippen molar-refractivity contribution in [1.82, 2.24) is 0 Å². The Balaban J connectivity index is 1.68. The van der Waals surface area contributed by atoms with Crippen molar-refractivity contribution in [2.75, 3.05) is 10.0 Å². The molecule has 0 aliphatic heterocycles. The Labute approximate surface area is 143 Å². The summed E-state index contributed by atoms with van der Waals surface area (Å²) in [6.07, 6.45) is 2.45. The van der Waals surface area contributed by atoms with Gasteiger partial charge in [0.15, 0.2) is 0 Å². The van der Waals surface area contributed by atoms with Crippen LogP contribution in [0.3, 0.4) is 0 Å². The van der Waals surface area contributed by atoms with E-state index in [1.165, 1.54) is 12.8 Å². The van der Waals surface area contributed by atoms with Gasteiger partial charge in [-0.25, -0.2) is 8.42 Å². The maximum atomic E-state index is 12.4. The molecular formula is C18H22N2O3S. The molecule has 0 spiro atoms. The zero-order valence-electron chi connectivity index (χ0n) is 13.8. The monoisotopic (exact) mass is 346 g/mol. The molecule has 1 saturated carbocycles. The largest absolute Gasteiger partial charge is 0.491 e. The number of benzene rings is 2. The number of hydrogen-bond donors (Lipinski definition) is 2. The van der Waals surface area contributed by atoms with Gasteiger partial charge in [-0.1, -0.05) is 0 Å². The predicted molar refractivity (Wildman–Crippen MR) is 96.1 cm³/mol. The zero-order valence-corrected chi connectivity index (χ0v) is 14.6. The van der Waals surface area contributed by atoms with Gasteiger partial charge in [0.1, 0.15) is 5.75 Å². The number of anilines is 2. The van der Waals surface area contributed by atoms with Gasteiger partial charge in [0.05, 0.1) is 11.0 Å². The smallest absolute Gasteiger partial charge is 0.261 e. The van der Waals surface area contributed by atoms with Crippen LogP contribution in [0.1, 0.15) is 26.7 Å². The van der Waals surface area contributed by atoms with Crippen molar-refractivity contribution in [3.8, 4) is 5.75 Å². The van der Waals surface area contributed by atoms with Crippen molar-refractivity contribution in [1.29, 1.82) is 0 Å². The molecule has 0 saturated heterocycles. The average molecular weight is 346 g/mol. The second-order valence-corrected chi connectivity index (χ2v) is 7.92. The lowest BCUT2D eigenvalue weighted by Gasteiger charge is -2.12. The minimum absolute atomic E-state index is 0.0494. The topological polar surface area (TPSA) is 67.4 Å². The normalized spacial score (nSPS) is 14.5. The highest BCUT2D eigenvalue weighted by atomic mass is 32.2. The number of ether oxygens (including phenoxy) is 1. The summed E-state index contributed by atoms with van der Waals surface area (Å²) in [4.78, 5) is 0.207. The molecule has 0 aromatic heterocycles. The third kappa shape index (κ3) is 4.41. The van der Waals surface area contributed by atoms with E-state index in [4.69, 9.17) is 4.74 Å². The Morgan fingerprint density at radius 3 is 2.08 bits per heavy atom. The van der Waals surface area contributed by atoms with E-state index in [9.17, 15) is 8.42 Å². The van der Waals surface area contributed by atoms with Crippen LogP contribution in [-0.2, 0) is 10.0 Å². The minimum Gasteiger partial charge on any atom is -0.491 e. The molecule has 0 unspecified atom stereocenters. The zero-order chi connectivity index (χ0) is 17.2. The number of rotatable bonds is 7. The molecule has 3 rings (SSSR count). The lowest BCUT2D eigenvalue weighted by molar-refractivity contribution is 0.242. The molecule has 0 radical (unpaired) electrons. The maximum absolute atomic E-state index is 12.4. The van der Waals surface area contributed by atoms with Gasteiger partial charge in [0, 0.05) is 17.4 Å². The first-order valence-electron chi connectivity index (χ1n) is 8.08. The molecule has 5 nitrogen and oxygen atoms in total. The van der Waals surface area contributed by atoms with E-state index in [-0.39, 0.29) is 11.0 Å². The summed E-state index contributed by atoms with van der Waals surface area (Å²) < 4.78 is 33.0. The van der Waals surface area contributed by atoms with Crippen molar-refractivity contribution in [2.45, 2.75) is 43.7 Å². The summed E-state index contributed by atoms with van der Waals surface area (Å²) >= 11 is 0. The molecule has 128 valence electrons. The van der Waals surface area contributed by atoms with Crippen molar-refractivity contribution < 1.29 is 13.2 Å². The number of hydrogen-bond acceptors (Lipinski definition) is 4. The van der Waals surface area contributed by atoms with Crippen LogP contribution < -0.4 is 14.8 Å². The standard InChI is InChI=1S/C18H22N2O3S/c1-13(2)23-17-9-11-18(12-10-17)24(21,22)20-16-7-5-15(6-8-16)19-14-3-4-14/h5-14,19-20H,3-4H2,1-2H3. The van der Waals surface area contributed by atoms with Gasteiger partial charge in [-0.3, -0.25) is 4.72 Å². The van der Waals surface area contributed by atoms with Gasteiger partial charge in [-0.05, 0) is 75.2 Å². The molecule has 1 fully saturated rings. The molecular weight excluding hydrogens is 324 g/mol. The summed E-state index contributed by atoms with van der Waals surface area (Å²) in [6, 6.07) is 14.3. The van der Waals surface area contributed by atoms with Crippen LogP contribution in [0.15, 0.2) is 53.4 Å². The second-order valence-electron chi connectivity index (χ2n) is 6.24. The van der Waals surface area contributed by atoms with Crippen molar-refractivity contribution in [2.24, 2.45) is 0 Å². The Morgan fingerprint density at radius 1 is 0.958 bits per heavy atom. The molecule has 6 heteroatoms. The first-order valence-corrected chi connectivity index (χ1v) is 9.57. The van der Waals surface area contributed by atoms with Crippen LogP contribution in [0.25, 0.3) is 0 Å². The first kappa shape index (κ1) is 16.6. The fourth-order valence-corrected chi connectivity index (χ4v) is 3.34. The number of sulfonamides is 1. The van der Waals surface area contributed by atoms with Crippen LogP contribution in [0.5, 0.6) is 5.75 Å². The van der Waals surface area contributed by atoms with E-state index in [1.807, 2.05) is 26.0 Å². The fourth-order valence-electron chi connectivity index (χ4n) is 2.28. The SMILES string of the molecule is CC(C)Oc1ccc(S(=O)(=O)Nc2ccc(NC3CC3)cc2)cc1. The quantitative estimate of drug-likeness (QED) is 0.799. The van der Waals surface area contributed by atoms with E-state index in [2.05, 4.69) is 10.0 Å². The lowest BCUT2D eigenvalue weighted by Crippen LogP contribution is -2.13. The summed E-state index contributed by atoms with van der Waals surface area (Å²) in [5, 5.41) is 3.37. The van der Waals surface area contributed by atoms with Crippen LogP contribution in [0, 0.1) is 0 Å². The van der Waals surface area contributed by atoms with E-state index < -0.39 is 10.0 Å². The molecule has 2 aromatic rings. The van der Waals surface area contributed by atoms with Gasteiger partial charge in [0.25, 0.3) is 10.0 Å². The van der Waals surface area contributed by atoms with E-state index in [0.29, 0.717) is 17.5 Å². The van der Waals surface area contributed by atoms with Crippen molar-refractivity contribution in [3.05, 3.63) is 48.5 Å². The predicted octanol–water partition coefficient (Wildman–Crippen LogP) is 3.85. The van der Waals surface area contributed by atoms with Crippen molar-refractivity contribution >= 4 is 21.4 Å². The highest BCUT2D eigenvalue weighted by molar-refractivity contribution is 7.92. The average Bonchev–Trinajstić information content (AvgIpc) is 3.33. The van der Waals surface area contributed by atoms with Gasteiger partial charge in [-0.2, -0.15) is 0 Å². The van der Waals surface area contributed by atoms with Gasteiger partial charge >= 0.3 is 0 Å². The maximum Gasteiger partial charge on any atom is 0.261 e. The van der Waals surface area contributed by atoms with Gasteiger partial charge < -0.3 is 10.1 Å². The second kappa shape index (κ2) is 6.73. The van der Waals surface area contributed by atoms with Crippen LogP contribution in [-0.4, -0.2) is 20.6 Å². The minimum atomic E-state index is -3.61. The summed E-state index contributed by atoms with van der Waals surface area (Å²) in [6.45, 7) is 3.85. The molecule has 2 aromatic carbocycles. The molecule has 1 aliphatic rings. The van der Waals surface area contributed by atoms with Crippen LogP contribution >= 0.6 is 0 Å². The van der Waals surface area contributed by atoms with E-state index in [1.54, 1.807) is 36.4 Å². The highest BCUT2D eigenvalue weighted by Crippen LogP contribution is 2.26. The fraction of sp³-hybridized carbons (Fsp3) is 0.333. The molecule has 0 bridgehead atoms. The van der Waals surface area contributed by atoms with Gasteiger partial charge in [0.2, 0.25) is 0 Å². The first-order chi connectivity index (χ1) is 11.4. The molecule has 0 amide bonds. The Hall–Kier alpha value is -2.21. The molecule has 2 N–H and O–H groups in total. The van der Waals surface area contributed by atoms with Crippen molar-refractivity contribution in [3.63, 3.8) is 0 Å². The van der Waals surface area contributed by atoms with Crippen LogP contribution in [0.4, 0.5) is 11.4 Å². The van der Waals surface area contributed by atoms with E-state index in [0.717, 1.165) is 5.69 Å². The molecule has 0 atom stereocenters. The third-order valence-corrected chi connectivity index (χ3v) is 4.99. The Kier molecular flexibility index (Phi) is 4.66. The molecule has 24 heavy (non-hydrogen) atoms. The third-order valence-electron chi connectivity index (χ3n) is 3.59.